The summed E-state index contributed by atoms with van der Waals surface area (Å²) in [6.45, 7) is 0. The van der Waals surface area contributed by atoms with E-state index in [2.05, 4.69) is 11.5 Å². The molecule has 1 aromatic rings. The summed E-state index contributed by atoms with van der Waals surface area (Å²) in [4.78, 5) is 1.19. The Balaban J connectivity index is 2.12. The number of nitrogens with two attached hydrogens (primary N) is 1. The molecule has 6 heteroatoms. The Labute approximate surface area is 112 Å². The quantitative estimate of drug-likeness (QED) is 0.655. The first-order valence-electron chi connectivity index (χ1n) is 6.20. The Kier molecular flexibility index (Phi) is 4.42. The minimum atomic E-state index is -2.93. The Bertz CT molecular complexity index is 470. The molecule has 1 aromatic heterocycles. The topological polar surface area (TPSA) is 72.2 Å². The first-order chi connectivity index (χ1) is 8.52. The van der Waals surface area contributed by atoms with Crippen molar-refractivity contribution in [1.82, 2.24) is 5.43 Å². The van der Waals surface area contributed by atoms with E-state index in [-0.39, 0.29) is 11.3 Å². The molecule has 0 aliphatic heterocycles. The molecule has 0 saturated heterocycles. The Hall–Kier alpha value is -0.430. The minimum Gasteiger partial charge on any atom is -0.271 e. The highest BCUT2D eigenvalue weighted by molar-refractivity contribution is 7.91. The molecule has 3 atom stereocenters. The lowest BCUT2D eigenvalue weighted by molar-refractivity contribution is 0.277. The summed E-state index contributed by atoms with van der Waals surface area (Å²) in [7, 11) is -2.93. The second-order valence-electron chi connectivity index (χ2n) is 5.04. The molecule has 1 fully saturated rings. The summed E-state index contributed by atoms with van der Waals surface area (Å²) < 4.78 is 23.4. The van der Waals surface area contributed by atoms with Crippen LogP contribution in [0.2, 0.25) is 0 Å². The van der Waals surface area contributed by atoms with Crippen molar-refractivity contribution in [2.45, 2.75) is 37.0 Å². The van der Waals surface area contributed by atoms with Gasteiger partial charge in [-0.2, -0.15) is 0 Å². The normalized spacial score (nSPS) is 27.0. The molecule has 0 amide bonds. The van der Waals surface area contributed by atoms with E-state index in [1.807, 2.05) is 11.4 Å². The first kappa shape index (κ1) is 14.0. The standard InChI is InChI=1S/C12H20N2O2S2/c1-18(15,16)10-5-2-4-9(8-10)12(14-13)11-6-3-7-17-11/h3,6-7,9-10,12,14H,2,4-5,8,13H2,1H3. The van der Waals surface area contributed by atoms with Crippen molar-refractivity contribution in [2.75, 3.05) is 6.26 Å². The number of sulfone groups is 1. The highest BCUT2D eigenvalue weighted by Gasteiger charge is 2.33. The van der Waals surface area contributed by atoms with Gasteiger partial charge >= 0.3 is 0 Å². The molecule has 0 spiro atoms. The van der Waals surface area contributed by atoms with Crippen LogP contribution in [-0.4, -0.2) is 19.9 Å². The van der Waals surface area contributed by atoms with Crippen molar-refractivity contribution in [3.05, 3.63) is 22.4 Å². The predicted octanol–water partition coefficient (Wildman–Crippen LogP) is 1.86. The fraction of sp³-hybridized carbons (Fsp3) is 0.667. The molecule has 1 saturated carbocycles. The predicted molar refractivity (Wildman–Crippen MR) is 75.0 cm³/mol. The fourth-order valence-corrected chi connectivity index (χ4v) is 4.86. The Morgan fingerprint density at radius 2 is 2.28 bits per heavy atom. The van der Waals surface area contributed by atoms with Crippen LogP contribution in [0.1, 0.15) is 36.6 Å². The molecule has 0 bridgehead atoms. The average Bonchev–Trinajstić information content (AvgIpc) is 2.83. The van der Waals surface area contributed by atoms with Crippen LogP contribution in [0.25, 0.3) is 0 Å². The fourth-order valence-electron chi connectivity index (χ4n) is 2.79. The summed E-state index contributed by atoms with van der Waals surface area (Å²) in [5, 5.41) is 1.82. The molecule has 1 aliphatic rings. The van der Waals surface area contributed by atoms with Crippen LogP contribution in [0.15, 0.2) is 17.5 Å². The third kappa shape index (κ3) is 3.12. The van der Waals surface area contributed by atoms with E-state index >= 15 is 0 Å². The molecule has 1 aliphatic carbocycles. The van der Waals surface area contributed by atoms with Gasteiger partial charge in [-0.1, -0.05) is 12.5 Å². The van der Waals surface area contributed by atoms with Gasteiger partial charge in [0.15, 0.2) is 0 Å². The van der Waals surface area contributed by atoms with Crippen LogP contribution in [-0.2, 0) is 9.84 Å². The van der Waals surface area contributed by atoms with Crippen LogP contribution in [0, 0.1) is 5.92 Å². The van der Waals surface area contributed by atoms with E-state index in [9.17, 15) is 8.42 Å². The number of hydrazine groups is 1. The van der Waals surface area contributed by atoms with Crippen LogP contribution in [0.3, 0.4) is 0 Å². The average molecular weight is 288 g/mol. The maximum atomic E-state index is 11.7. The van der Waals surface area contributed by atoms with Gasteiger partial charge in [-0.15, -0.1) is 11.3 Å². The number of nitrogens with one attached hydrogen (secondary N) is 1. The van der Waals surface area contributed by atoms with Crippen molar-refractivity contribution < 1.29 is 8.42 Å². The SMILES string of the molecule is CS(=O)(=O)C1CCCC(C(NN)c2cccs2)C1. The molecule has 0 radical (unpaired) electrons. The second-order valence-corrected chi connectivity index (χ2v) is 8.34. The molecule has 0 aromatic carbocycles. The first-order valence-corrected chi connectivity index (χ1v) is 9.04. The van der Waals surface area contributed by atoms with Gasteiger partial charge < -0.3 is 0 Å². The Morgan fingerprint density at radius 1 is 1.50 bits per heavy atom. The van der Waals surface area contributed by atoms with Gasteiger partial charge in [0, 0.05) is 11.1 Å². The summed E-state index contributed by atoms with van der Waals surface area (Å²) in [6.07, 6.45) is 4.85. The van der Waals surface area contributed by atoms with Crippen LogP contribution >= 0.6 is 11.3 Å². The molecular weight excluding hydrogens is 268 g/mol. The van der Waals surface area contributed by atoms with Gasteiger partial charge in [-0.25, -0.2) is 8.42 Å². The number of thiophene rings is 1. The van der Waals surface area contributed by atoms with Crippen LogP contribution in [0.5, 0.6) is 0 Å². The van der Waals surface area contributed by atoms with Crippen LogP contribution in [0.4, 0.5) is 0 Å². The van der Waals surface area contributed by atoms with Gasteiger partial charge in [-0.3, -0.25) is 11.3 Å². The highest BCUT2D eigenvalue weighted by Crippen LogP contribution is 2.37. The molecule has 3 unspecified atom stereocenters. The summed E-state index contributed by atoms with van der Waals surface area (Å²) >= 11 is 1.67. The zero-order chi connectivity index (χ0) is 13.2. The monoisotopic (exact) mass is 288 g/mol. The summed E-state index contributed by atoms with van der Waals surface area (Å²) in [5.41, 5.74) is 2.86. The molecule has 18 heavy (non-hydrogen) atoms. The number of hydrogen-bond donors (Lipinski definition) is 2. The zero-order valence-electron chi connectivity index (χ0n) is 10.5. The summed E-state index contributed by atoms with van der Waals surface area (Å²) in [5.74, 6) is 5.96. The van der Waals surface area contributed by atoms with E-state index in [0.29, 0.717) is 12.3 Å². The van der Waals surface area contributed by atoms with Crippen molar-refractivity contribution in [1.29, 1.82) is 0 Å². The maximum absolute atomic E-state index is 11.7. The number of hydrogen-bond acceptors (Lipinski definition) is 5. The van der Waals surface area contributed by atoms with Crippen molar-refractivity contribution in [3.63, 3.8) is 0 Å². The third-order valence-electron chi connectivity index (χ3n) is 3.77. The van der Waals surface area contributed by atoms with Crippen molar-refractivity contribution in [2.24, 2.45) is 11.8 Å². The van der Waals surface area contributed by atoms with Gasteiger partial charge in [-0.05, 0) is 36.6 Å². The summed E-state index contributed by atoms with van der Waals surface area (Å²) in [6, 6.07) is 4.13. The highest BCUT2D eigenvalue weighted by atomic mass is 32.2. The molecule has 2 rings (SSSR count). The smallest absolute Gasteiger partial charge is 0.150 e. The third-order valence-corrected chi connectivity index (χ3v) is 6.37. The minimum absolute atomic E-state index is 0.0783. The van der Waals surface area contributed by atoms with Crippen LogP contribution < -0.4 is 11.3 Å². The molecular formula is C12H20N2O2S2. The molecule has 3 N–H and O–H groups in total. The van der Waals surface area contributed by atoms with E-state index < -0.39 is 9.84 Å². The van der Waals surface area contributed by atoms with Gasteiger partial charge in [0.1, 0.15) is 9.84 Å². The van der Waals surface area contributed by atoms with Gasteiger partial charge in [0.2, 0.25) is 0 Å². The molecule has 4 nitrogen and oxygen atoms in total. The lowest BCUT2D eigenvalue weighted by Gasteiger charge is -2.33. The van der Waals surface area contributed by atoms with E-state index in [1.165, 1.54) is 11.1 Å². The maximum Gasteiger partial charge on any atom is 0.150 e. The van der Waals surface area contributed by atoms with Crippen molar-refractivity contribution >= 4 is 21.2 Å². The number of rotatable bonds is 4. The Morgan fingerprint density at radius 3 is 2.83 bits per heavy atom. The van der Waals surface area contributed by atoms with Crippen molar-refractivity contribution in [3.8, 4) is 0 Å². The van der Waals surface area contributed by atoms with E-state index in [0.717, 1.165) is 19.3 Å². The largest absolute Gasteiger partial charge is 0.271 e. The van der Waals surface area contributed by atoms with Gasteiger partial charge in [0.05, 0.1) is 11.3 Å². The lowest BCUT2D eigenvalue weighted by Crippen LogP contribution is -2.38. The van der Waals surface area contributed by atoms with E-state index in [4.69, 9.17) is 5.84 Å². The second kappa shape index (κ2) is 5.69. The zero-order valence-corrected chi connectivity index (χ0v) is 12.1. The molecule has 1 heterocycles. The molecule has 102 valence electrons. The lowest BCUT2D eigenvalue weighted by atomic mass is 9.83. The van der Waals surface area contributed by atoms with E-state index in [1.54, 1.807) is 11.3 Å². The van der Waals surface area contributed by atoms with Gasteiger partial charge in [0.25, 0.3) is 0 Å².